The Morgan fingerprint density at radius 1 is 1.22 bits per heavy atom. The fourth-order valence-corrected chi connectivity index (χ4v) is 1.99. The Hall–Kier alpha value is -1.66. The number of hydrogen-bond acceptors (Lipinski definition) is 4. The Balaban J connectivity index is 2.39. The second-order valence-electron chi connectivity index (χ2n) is 3.83. The molecule has 0 aliphatic carbocycles. The van der Waals surface area contributed by atoms with Gasteiger partial charge >= 0.3 is 0 Å². The molecule has 0 N–H and O–H groups in total. The molecule has 92 valence electrons. The van der Waals surface area contributed by atoms with Crippen molar-refractivity contribution < 1.29 is 0 Å². The van der Waals surface area contributed by atoms with Crippen LogP contribution < -0.4 is 0 Å². The quantitative estimate of drug-likeness (QED) is 0.642. The van der Waals surface area contributed by atoms with Crippen molar-refractivity contribution in [3.05, 3.63) is 34.0 Å². The Labute approximate surface area is 112 Å². The molecule has 0 saturated heterocycles. The highest BCUT2D eigenvalue weighted by molar-refractivity contribution is 6.31. The van der Waals surface area contributed by atoms with E-state index < -0.39 is 0 Å². The third-order valence-electron chi connectivity index (χ3n) is 2.63. The first kappa shape index (κ1) is 11.4. The van der Waals surface area contributed by atoms with Gasteiger partial charge < -0.3 is 0 Å². The minimum atomic E-state index is 0.370. The lowest BCUT2D eigenvalue weighted by atomic mass is 10.3. The van der Waals surface area contributed by atoms with Crippen LogP contribution in [0.25, 0.3) is 11.6 Å². The molecule has 3 aromatic heterocycles. The van der Waals surface area contributed by atoms with Gasteiger partial charge in [0.05, 0.1) is 16.9 Å². The SMILES string of the molecule is Cc1nn(-c2c(C)c(Cl)nc3ncnn23)cc1Cl. The van der Waals surface area contributed by atoms with Gasteiger partial charge in [0, 0.05) is 5.56 Å². The molecule has 0 aliphatic rings. The van der Waals surface area contributed by atoms with Crippen LogP contribution in [0.15, 0.2) is 12.5 Å². The average Bonchev–Trinajstić information content (AvgIpc) is 2.88. The summed E-state index contributed by atoms with van der Waals surface area (Å²) in [4.78, 5) is 8.15. The van der Waals surface area contributed by atoms with Crippen LogP contribution in [-0.2, 0) is 0 Å². The Kier molecular flexibility index (Phi) is 2.49. The lowest BCUT2D eigenvalue weighted by Gasteiger charge is -2.08. The molecule has 0 atom stereocenters. The molecule has 0 saturated carbocycles. The highest BCUT2D eigenvalue weighted by atomic mass is 35.5. The van der Waals surface area contributed by atoms with E-state index in [1.54, 1.807) is 15.4 Å². The molecule has 0 fully saturated rings. The summed E-state index contributed by atoms with van der Waals surface area (Å²) in [7, 11) is 0. The molecule has 3 aromatic rings. The van der Waals surface area contributed by atoms with Crippen molar-refractivity contribution in [2.24, 2.45) is 0 Å². The van der Waals surface area contributed by atoms with E-state index in [9.17, 15) is 0 Å². The number of hydrogen-bond donors (Lipinski definition) is 0. The fraction of sp³-hybridized carbons (Fsp3) is 0.200. The van der Waals surface area contributed by atoms with Crippen LogP contribution in [0.5, 0.6) is 0 Å². The zero-order valence-corrected chi connectivity index (χ0v) is 11.1. The van der Waals surface area contributed by atoms with Crippen LogP contribution >= 0.6 is 23.2 Å². The molecule has 8 heteroatoms. The van der Waals surface area contributed by atoms with E-state index in [4.69, 9.17) is 23.2 Å². The molecule has 0 unspecified atom stereocenters. The molecule has 3 rings (SSSR count). The van der Waals surface area contributed by atoms with Crippen LogP contribution in [0.2, 0.25) is 10.2 Å². The molecule has 0 radical (unpaired) electrons. The molecule has 0 amide bonds. The topological polar surface area (TPSA) is 60.9 Å². The van der Waals surface area contributed by atoms with Crippen molar-refractivity contribution in [3.63, 3.8) is 0 Å². The summed E-state index contributed by atoms with van der Waals surface area (Å²) in [5.74, 6) is 1.10. The number of nitrogens with zero attached hydrogens (tertiary/aromatic N) is 6. The zero-order valence-electron chi connectivity index (χ0n) is 9.59. The Morgan fingerprint density at radius 2 is 2.00 bits per heavy atom. The highest BCUT2D eigenvalue weighted by Gasteiger charge is 2.15. The number of halogens is 2. The van der Waals surface area contributed by atoms with E-state index >= 15 is 0 Å². The first-order chi connectivity index (χ1) is 8.58. The van der Waals surface area contributed by atoms with Gasteiger partial charge in [0.1, 0.15) is 11.5 Å². The maximum Gasteiger partial charge on any atom is 0.255 e. The van der Waals surface area contributed by atoms with Crippen LogP contribution in [-0.4, -0.2) is 29.4 Å². The largest absolute Gasteiger partial charge is 0.255 e. The minimum absolute atomic E-state index is 0.370. The third-order valence-corrected chi connectivity index (χ3v) is 3.37. The molecular weight excluding hydrogens is 275 g/mol. The van der Waals surface area contributed by atoms with Crippen molar-refractivity contribution in [1.29, 1.82) is 0 Å². The number of rotatable bonds is 1. The van der Waals surface area contributed by atoms with E-state index in [2.05, 4.69) is 20.2 Å². The molecular formula is C10H8Cl2N6. The molecule has 0 bridgehead atoms. The molecule has 3 heterocycles. The number of aryl methyl sites for hydroxylation is 1. The van der Waals surface area contributed by atoms with Crippen LogP contribution in [0, 0.1) is 13.8 Å². The average molecular weight is 283 g/mol. The summed E-state index contributed by atoms with van der Waals surface area (Å²) < 4.78 is 3.20. The Morgan fingerprint density at radius 3 is 2.67 bits per heavy atom. The van der Waals surface area contributed by atoms with E-state index in [1.807, 2.05) is 13.8 Å². The van der Waals surface area contributed by atoms with Crippen LogP contribution in [0.4, 0.5) is 0 Å². The van der Waals surface area contributed by atoms with Gasteiger partial charge in [-0.05, 0) is 13.8 Å². The predicted octanol–water partition coefficient (Wildman–Crippen LogP) is 2.23. The van der Waals surface area contributed by atoms with Crippen molar-refractivity contribution >= 4 is 29.0 Å². The normalized spacial score (nSPS) is 11.3. The summed E-state index contributed by atoms with van der Waals surface area (Å²) in [6, 6.07) is 0. The van der Waals surface area contributed by atoms with Gasteiger partial charge in [0.2, 0.25) is 0 Å². The van der Waals surface area contributed by atoms with E-state index in [0.29, 0.717) is 21.8 Å². The smallest absolute Gasteiger partial charge is 0.220 e. The summed E-state index contributed by atoms with van der Waals surface area (Å²) in [6.45, 7) is 3.67. The third kappa shape index (κ3) is 1.57. The molecule has 0 aliphatic heterocycles. The maximum absolute atomic E-state index is 6.08. The van der Waals surface area contributed by atoms with Gasteiger partial charge in [-0.3, -0.25) is 0 Å². The summed E-state index contributed by atoms with van der Waals surface area (Å²) in [5, 5.41) is 9.39. The van der Waals surface area contributed by atoms with Gasteiger partial charge in [-0.25, -0.2) is 4.68 Å². The number of fused-ring (bicyclic) bond motifs is 1. The van der Waals surface area contributed by atoms with E-state index in [-0.39, 0.29) is 0 Å². The van der Waals surface area contributed by atoms with E-state index in [0.717, 1.165) is 11.3 Å². The second kappa shape index (κ2) is 3.93. The van der Waals surface area contributed by atoms with Gasteiger partial charge in [-0.15, -0.1) is 0 Å². The molecule has 18 heavy (non-hydrogen) atoms. The van der Waals surface area contributed by atoms with Crippen LogP contribution in [0.1, 0.15) is 11.3 Å². The van der Waals surface area contributed by atoms with Gasteiger partial charge in [-0.1, -0.05) is 23.2 Å². The summed E-state index contributed by atoms with van der Waals surface area (Å²) >= 11 is 12.1. The standard InChI is InChI=1S/C10H8Cl2N6/c1-5-8(12)15-10-13-4-14-18(10)9(5)17-3-7(11)6(2)16-17/h3-4H,1-2H3. The van der Waals surface area contributed by atoms with Gasteiger partial charge in [0.15, 0.2) is 5.82 Å². The minimum Gasteiger partial charge on any atom is -0.220 e. The van der Waals surface area contributed by atoms with E-state index in [1.165, 1.54) is 6.33 Å². The first-order valence-electron chi connectivity index (χ1n) is 5.16. The lowest BCUT2D eigenvalue weighted by molar-refractivity contribution is 0.764. The van der Waals surface area contributed by atoms with Crippen molar-refractivity contribution in [1.82, 2.24) is 29.4 Å². The lowest BCUT2D eigenvalue weighted by Crippen LogP contribution is -2.09. The van der Waals surface area contributed by atoms with Crippen LogP contribution in [0.3, 0.4) is 0 Å². The number of aromatic nitrogens is 6. The summed E-state index contributed by atoms with van der Waals surface area (Å²) in [5.41, 5.74) is 1.49. The highest BCUT2D eigenvalue weighted by Crippen LogP contribution is 2.23. The summed E-state index contributed by atoms with van der Waals surface area (Å²) in [6.07, 6.45) is 3.12. The fourth-order valence-electron chi connectivity index (χ4n) is 1.70. The maximum atomic E-state index is 6.08. The van der Waals surface area contributed by atoms with Crippen molar-refractivity contribution in [2.45, 2.75) is 13.8 Å². The van der Waals surface area contributed by atoms with Crippen molar-refractivity contribution in [2.75, 3.05) is 0 Å². The molecule has 0 spiro atoms. The van der Waals surface area contributed by atoms with Crippen molar-refractivity contribution in [3.8, 4) is 5.82 Å². The van der Waals surface area contributed by atoms with Gasteiger partial charge in [0.25, 0.3) is 5.78 Å². The second-order valence-corrected chi connectivity index (χ2v) is 4.60. The zero-order chi connectivity index (χ0) is 12.9. The van der Waals surface area contributed by atoms with Gasteiger partial charge in [-0.2, -0.15) is 24.7 Å². The monoisotopic (exact) mass is 282 g/mol. The first-order valence-corrected chi connectivity index (χ1v) is 5.91. The molecule has 6 nitrogen and oxygen atoms in total. The predicted molar refractivity (Wildman–Crippen MR) is 67.4 cm³/mol. The molecule has 0 aromatic carbocycles. The Bertz CT molecular complexity index is 725.